The standard InChI is InChI=1S/C18H23N5O2/c1-2-7-22-8-6-20-16(22)11-21-18(25)15-9-17(24)23(13-15)12-14-4-3-5-19-10-14/h3-6,8,10,15H,2,7,9,11-13H2,1H3,(H,21,25)/t15-/m1/s1. The van der Waals surface area contributed by atoms with E-state index in [-0.39, 0.29) is 24.2 Å². The van der Waals surface area contributed by atoms with Gasteiger partial charge in [0.25, 0.3) is 0 Å². The van der Waals surface area contributed by atoms with Gasteiger partial charge < -0.3 is 14.8 Å². The number of imidazole rings is 1. The lowest BCUT2D eigenvalue weighted by Crippen LogP contribution is -2.33. The third-order valence-corrected chi connectivity index (χ3v) is 4.37. The Hall–Kier alpha value is -2.70. The molecule has 2 aromatic rings. The number of aromatic nitrogens is 3. The van der Waals surface area contributed by atoms with Crippen LogP contribution in [0.1, 0.15) is 31.2 Å². The van der Waals surface area contributed by atoms with Crippen molar-refractivity contribution in [1.82, 2.24) is 24.8 Å². The largest absolute Gasteiger partial charge is 0.349 e. The number of nitrogens with one attached hydrogen (secondary N) is 1. The molecule has 1 saturated heterocycles. The Kier molecular flexibility index (Phi) is 5.42. The number of rotatable bonds is 7. The molecule has 1 atom stereocenters. The number of carbonyl (C=O) groups is 2. The lowest BCUT2D eigenvalue weighted by molar-refractivity contribution is -0.129. The van der Waals surface area contributed by atoms with Gasteiger partial charge in [0.05, 0.1) is 12.5 Å². The Morgan fingerprint density at radius 1 is 1.40 bits per heavy atom. The zero-order valence-corrected chi connectivity index (χ0v) is 14.4. The van der Waals surface area contributed by atoms with E-state index in [2.05, 4.69) is 22.2 Å². The van der Waals surface area contributed by atoms with Crippen LogP contribution in [-0.2, 0) is 29.2 Å². The predicted molar refractivity (Wildman–Crippen MR) is 92.1 cm³/mol. The minimum absolute atomic E-state index is 0.0106. The number of hydrogen-bond donors (Lipinski definition) is 1. The number of hydrogen-bond acceptors (Lipinski definition) is 4. The molecule has 0 spiro atoms. The van der Waals surface area contributed by atoms with Crippen LogP contribution in [0.3, 0.4) is 0 Å². The van der Waals surface area contributed by atoms with E-state index in [1.165, 1.54) is 0 Å². The Morgan fingerprint density at radius 2 is 2.28 bits per heavy atom. The average Bonchev–Trinajstić information content (AvgIpc) is 3.21. The van der Waals surface area contributed by atoms with E-state index in [4.69, 9.17) is 0 Å². The molecule has 1 aliphatic heterocycles. The van der Waals surface area contributed by atoms with Crippen LogP contribution in [0.15, 0.2) is 36.9 Å². The number of aryl methyl sites for hydroxylation is 1. The highest BCUT2D eigenvalue weighted by Gasteiger charge is 2.34. The fourth-order valence-corrected chi connectivity index (χ4v) is 3.07. The molecule has 0 radical (unpaired) electrons. The highest BCUT2D eigenvalue weighted by Crippen LogP contribution is 2.20. The molecule has 1 N–H and O–H groups in total. The van der Waals surface area contributed by atoms with Crippen LogP contribution in [0.5, 0.6) is 0 Å². The van der Waals surface area contributed by atoms with Gasteiger partial charge in [-0.15, -0.1) is 0 Å². The van der Waals surface area contributed by atoms with Crippen LogP contribution in [0.4, 0.5) is 0 Å². The van der Waals surface area contributed by atoms with Gasteiger partial charge in [-0.2, -0.15) is 0 Å². The van der Waals surface area contributed by atoms with E-state index in [0.29, 0.717) is 19.6 Å². The van der Waals surface area contributed by atoms with Gasteiger partial charge in [-0.25, -0.2) is 4.98 Å². The SMILES string of the molecule is CCCn1ccnc1CNC(=O)[C@@H]1CC(=O)N(Cc2cccnc2)C1. The van der Waals surface area contributed by atoms with Crippen molar-refractivity contribution in [1.29, 1.82) is 0 Å². The molecule has 0 unspecified atom stereocenters. The summed E-state index contributed by atoms with van der Waals surface area (Å²) >= 11 is 0. The third kappa shape index (κ3) is 4.23. The molecular formula is C18H23N5O2. The van der Waals surface area contributed by atoms with Gasteiger partial charge in [-0.1, -0.05) is 13.0 Å². The predicted octanol–water partition coefficient (Wildman–Crippen LogP) is 1.35. The molecule has 7 nitrogen and oxygen atoms in total. The molecule has 0 aliphatic carbocycles. The molecule has 7 heteroatoms. The van der Waals surface area contributed by atoms with Crippen LogP contribution in [0.2, 0.25) is 0 Å². The first-order valence-corrected chi connectivity index (χ1v) is 8.61. The second-order valence-corrected chi connectivity index (χ2v) is 6.29. The van der Waals surface area contributed by atoms with E-state index in [1.54, 1.807) is 23.5 Å². The van der Waals surface area contributed by atoms with Crippen LogP contribution in [0.25, 0.3) is 0 Å². The van der Waals surface area contributed by atoms with Crippen LogP contribution in [-0.4, -0.2) is 37.8 Å². The number of carbonyl (C=O) groups excluding carboxylic acids is 2. The normalized spacial score (nSPS) is 17.1. The molecular weight excluding hydrogens is 318 g/mol. The Morgan fingerprint density at radius 3 is 3.04 bits per heavy atom. The van der Waals surface area contributed by atoms with E-state index in [9.17, 15) is 9.59 Å². The smallest absolute Gasteiger partial charge is 0.225 e. The van der Waals surface area contributed by atoms with Crippen molar-refractivity contribution < 1.29 is 9.59 Å². The molecule has 3 heterocycles. The number of amides is 2. The summed E-state index contributed by atoms with van der Waals surface area (Å²) in [5.74, 6) is 0.454. The first-order valence-electron chi connectivity index (χ1n) is 8.61. The second kappa shape index (κ2) is 7.92. The summed E-state index contributed by atoms with van der Waals surface area (Å²) in [6, 6.07) is 3.78. The van der Waals surface area contributed by atoms with Crippen molar-refractivity contribution in [3.8, 4) is 0 Å². The topological polar surface area (TPSA) is 80.1 Å². The van der Waals surface area contributed by atoms with Crippen molar-refractivity contribution in [3.05, 3.63) is 48.3 Å². The molecule has 2 aromatic heterocycles. The highest BCUT2D eigenvalue weighted by atomic mass is 16.2. The molecule has 0 aromatic carbocycles. The first kappa shape index (κ1) is 17.1. The van der Waals surface area contributed by atoms with Crippen molar-refractivity contribution in [3.63, 3.8) is 0 Å². The van der Waals surface area contributed by atoms with Crippen LogP contribution in [0, 0.1) is 5.92 Å². The summed E-state index contributed by atoms with van der Waals surface area (Å²) in [5, 5.41) is 2.92. The monoisotopic (exact) mass is 341 g/mol. The molecule has 1 fully saturated rings. The summed E-state index contributed by atoms with van der Waals surface area (Å²) in [4.78, 5) is 34.7. The van der Waals surface area contributed by atoms with E-state index < -0.39 is 0 Å². The number of likely N-dealkylation sites (tertiary alicyclic amines) is 1. The fraction of sp³-hybridized carbons (Fsp3) is 0.444. The number of nitrogens with zero attached hydrogens (tertiary/aromatic N) is 4. The van der Waals surface area contributed by atoms with Gasteiger partial charge in [0, 0.05) is 50.8 Å². The minimum Gasteiger partial charge on any atom is -0.349 e. The van der Waals surface area contributed by atoms with Gasteiger partial charge in [0.2, 0.25) is 11.8 Å². The Labute approximate surface area is 147 Å². The fourth-order valence-electron chi connectivity index (χ4n) is 3.07. The third-order valence-electron chi connectivity index (χ3n) is 4.37. The zero-order valence-electron chi connectivity index (χ0n) is 14.4. The molecule has 0 bridgehead atoms. The van der Waals surface area contributed by atoms with Crippen molar-refractivity contribution in [2.75, 3.05) is 6.54 Å². The lowest BCUT2D eigenvalue weighted by Gasteiger charge is -2.16. The Bertz CT molecular complexity index is 728. The summed E-state index contributed by atoms with van der Waals surface area (Å²) < 4.78 is 2.04. The molecule has 3 rings (SSSR count). The van der Waals surface area contributed by atoms with E-state index >= 15 is 0 Å². The van der Waals surface area contributed by atoms with E-state index in [1.807, 2.05) is 22.9 Å². The maximum absolute atomic E-state index is 12.4. The molecule has 0 saturated carbocycles. The quantitative estimate of drug-likeness (QED) is 0.824. The van der Waals surface area contributed by atoms with E-state index in [0.717, 1.165) is 24.4 Å². The summed E-state index contributed by atoms with van der Waals surface area (Å²) in [6.45, 7) is 4.31. The van der Waals surface area contributed by atoms with Crippen LogP contribution < -0.4 is 5.32 Å². The van der Waals surface area contributed by atoms with Gasteiger partial charge in [0.1, 0.15) is 5.82 Å². The summed E-state index contributed by atoms with van der Waals surface area (Å²) in [7, 11) is 0. The minimum atomic E-state index is -0.307. The van der Waals surface area contributed by atoms with Gasteiger partial charge >= 0.3 is 0 Å². The van der Waals surface area contributed by atoms with Gasteiger partial charge in [-0.05, 0) is 18.1 Å². The van der Waals surface area contributed by atoms with Gasteiger partial charge in [0.15, 0.2) is 0 Å². The Balaban J connectivity index is 1.53. The van der Waals surface area contributed by atoms with Crippen LogP contribution >= 0.6 is 0 Å². The molecule has 132 valence electrons. The lowest BCUT2D eigenvalue weighted by atomic mass is 10.1. The first-order chi connectivity index (χ1) is 12.2. The summed E-state index contributed by atoms with van der Waals surface area (Å²) in [5.41, 5.74) is 0.971. The molecule has 25 heavy (non-hydrogen) atoms. The van der Waals surface area contributed by atoms with Crippen molar-refractivity contribution in [2.24, 2.45) is 5.92 Å². The highest BCUT2D eigenvalue weighted by molar-refractivity contribution is 5.89. The number of pyridine rings is 1. The maximum atomic E-state index is 12.4. The zero-order chi connectivity index (χ0) is 17.6. The maximum Gasteiger partial charge on any atom is 0.225 e. The average molecular weight is 341 g/mol. The molecule has 1 aliphatic rings. The summed E-state index contributed by atoms with van der Waals surface area (Å²) in [6.07, 6.45) is 8.38. The van der Waals surface area contributed by atoms with Crippen molar-refractivity contribution >= 4 is 11.8 Å². The van der Waals surface area contributed by atoms with Gasteiger partial charge in [-0.3, -0.25) is 14.6 Å². The second-order valence-electron chi connectivity index (χ2n) is 6.29. The van der Waals surface area contributed by atoms with Crippen molar-refractivity contribution in [2.45, 2.75) is 39.4 Å². The molecule has 2 amide bonds.